The van der Waals surface area contributed by atoms with Crippen LogP contribution in [0.5, 0.6) is 0 Å². The normalized spacial score (nSPS) is 15.6. The summed E-state index contributed by atoms with van der Waals surface area (Å²) in [7, 11) is -3.95. The van der Waals surface area contributed by atoms with E-state index in [1.807, 2.05) is 11.6 Å². The number of esters is 1. The smallest absolute Gasteiger partial charge is 0.321 e. The predicted molar refractivity (Wildman–Crippen MR) is 82.9 cm³/mol. The van der Waals surface area contributed by atoms with E-state index >= 15 is 0 Å². The lowest BCUT2D eigenvalue weighted by Gasteiger charge is -2.12. The number of benzene rings is 1. The highest BCUT2D eigenvalue weighted by molar-refractivity contribution is 7.89. The van der Waals surface area contributed by atoms with Gasteiger partial charge >= 0.3 is 5.97 Å². The molecule has 0 saturated heterocycles. The lowest BCUT2D eigenvalue weighted by atomic mass is 10.2. The largest absolute Gasteiger partial charge is 0.455 e. The second-order valence-electron chi connectivity index (χ2n) is 5.63. The maximum atomic E-state index is 12.8. The van der Waals surface area contributed by atoms with Crippen molar-refractivity contribution in [3.05, 3.63) is 30.1 Å². The van der Waals surface area contributed by atoms with Gasteiger partial charge in [-0.05, 0) is 49.9 Å². The van der Waals surface area contributed by atoms with E-state index in [0.717, 1.165) is 37.1 Å². The summed E-state index contributed by atoms with van der Waals surface area (Å²) in [5.41, 5.74) is 0. The molecule has 0 aromatic heterocycles. The fourth-order valence-corrected chi connectivity index (χ4v) is 3.03. The van der Waals surface area contributed by atoms with E-state index < -0.39 is 40.9 Å². The molecule has 2 N–H and O–H groups in total. The lowest BCUT2D eigenvalue weighted by molar-refractivity contribution is -0.147. The second-order valence-corrected chi connectivity index (χ2v) is 7.40. The van der Waals surface area contributed by atoms with Crippen LogP contribution in [-0.4, -0.2) is 39.5 Å². The first-order valence-corrected chi connectivity index (χ1v) is 8.96. The van der Waals surface area contributed by atoms with Gasteiger partial charge in [-0.1, -0.05) is 0 Å². The molecule has 1 atom stereocenters. The van der Waals surface area contributed by atoms with Crippen molar-refractivity contribution in [2.24, 2.45) is 5.92 Å². The van der Waals surface area contributed by atoms with Gasteiger partial charge in [-0.15, -0.1) is 0 Å². The Morgan fingerprint density at radius 3 is 2.50 bits per heavy atom. The molecule has 0 spiro atoms. The van der Waals surface area contributed by atoms with Crippen LogP contribution in [0.25, 0.3) is 0 Å². The summed E-state index contributed by atoms with van der Waals surface area (Å²) in [4.78, 5) is 22.9. The molecular weight excluding hydrogens is 339 g/mol. The van der Waals surface area contributed by atoms with Gasteiger partial charge in [0.15, 0.2) is 6.61 Å². The Kier molecular flexibility index (Phi) is 5.89. The fourth-order valence-electron chi connectivity index (χ4n) is 2.06. The highest BCUT2D eigenvalue weighted by Crippen LogP contribution is 2.32. The summed E-state index contributed by atoms with van der Waals surface area (Å²) in [6.07, 6.45) is 2.15. The number of hydrogen-bond acceptors (Lipinski definition) is 5. The molecule has 1 aliphatic rings. The van der Waals surface area contributed by atoms with E-state index in [0.29, 0.717) is 5.92 Å². The van der Waals surface area contributed by atoms with Crippen LogP contribution in [-0.2, 0) is 24.3 Å². The number of halogens is 1. The number of ether oxygens (including phenoxy) is 1. The molecule has 1 saturated carbocycles. The van der Waals surface area contributed by atoms with E-state index in [1.54, 1.807) is 0 Å². The molecule has 1 aliphatic carbocycles. The van der Waals surface area contributed by atoms with Gasteiger partial charge in [0.1, 0.15) is 12.4 Å². The molecule has 0 unspecified atom stereocenters. The molecule has 2 rings (SSSR count). The van der Waals surface area contributed by atoms with Crippen molar-refractivity contribution in [1.29, 1.82) is 0 Å². The van der Waals surface area contributed by atoms with E-state index in [9.17, 15) is 22.4 Å². The molecule has 0 radical (unpaired) electrons. The Morgan fingerprint density at radius 1 is 1.29 bits per heavy atom. The van der Waals surface area contributed by atoms with Crippen molar-refractivity contribution in [2.45, 2.75) is 30.7 Å². The van der Waals surface area contributed by atoms with Crippen molar-refractivity contribution in [2.75, 3.05) is 13.2 Å². The number of carbonyl (C=O) groups is 2. The molecule has 24 heavy (non-hydrogen) atoms. The topological polar surface area (TPSA) is 102 Å². The van der Waals surface area contributed by atoms with Crippen molar-refractivity contribution in [3.63, 3.8) is 0 Å². The van der Waals surface area contributed by atoms with Crippen LogP contribution in [0.1, 0.15) is 19.8 Å². The summed E-state index contributed by atoms with van der Waals surface area (Å²) >= 11 is 0. The van der Waals surface area contributed by atoms with Gasteiger partial charge in [-0.2, -0.15) is 4.72 Å². The lowest BCUT2D eigenvalue weighted by Crippen LogP contribution is -2.38. The number of carbonyl (C=O) groups excluding carboxylic acids is 2. The third-order valence-corrected chi connectivity index (χ3v) is 5.03. The molecule has 1 aromatic carbocycles. The van der Waals surface area contributed by atoms with E-state index in [1.165, 1.54) is 0 Å². The van der Waals surface area contributed by atoms with Crippen molar-refractivity contribution >= 4 is 21.9 Å². The van der Waals surface area contributed by atoms with Gasteiger partial charge < -0.3 is 10.1 Å². The third kappa shape index (κ3) is 5.57. The maximum absolute atomic E-state index is 12.8. The standard InChI is InChI=1S/C15H19FN2O5S/c1-10(11-2-3-11)18-14(19)9-23-15(20)8-17-24(21,22)13-6-4-12(16)5-7-13/h4-7,10-11,17H,2-3,8-9H2,1H3,(H,18,19)/t10-/m0/s1. The average Bonchev–Trinajstić information content (AvgIpc) is 3.36. The minimum atomic E-state index is -3.95. The molecule has 1 amide bonds. The quantitative estimate of drug-likeness (QED) is 0.661. The predicted octanol–water partition coefficient (Wildman–Crippen LogP) is 0.562. The van der Waals surface area contributed by atoms with Gasteiger partial charge in [0.05, 0.1) is 4.90 Å². The zero-order chi connectivity index (χ0) is 17.7. The second kappa shape index (κ2) is 7.71. The zero-order valence-corrected chi connectivity index (χ0v) is 13.9. The molecule has 9 heteroatoms. The first kappa shape index (κ1) is 18.3. The average molecular weight is 358 g/mol. The number of amides is 1. The minimum absolute atomic E-state index is 0.0354. The highest BCUT2D eigenvalue weighted by atomic mass is 32.2. The molecule has 1 fully saturated rings. The van der Waals surface area contributed by atoms with Crippen molar-refractivity contribution in [1.82, 2.24) is 10.0 Å². The Labute approximate surface area is 139 Å². The van der Waals surface area contributed by atoms with Gasteiger partial charge in [-0.3, -0.25) is 9.59 Å². The molecule has 132 valence electrons. The Balaban J connectivity index is 1.73. The number of nitrogens with one attached hydrogen (secondary N) is 2. The Hall–Kier alpha value is -2.00. The molecule has 0 aliphatic heterocycles. The summed E-state index contributed by atoms with van der Waals surface area (Å²) in [6.45, 7) is 0.799. The summed E-state index contributed by atoms with van der Waals surface area (Å²) in [6, 6.07) is 4.19. The SMILES string of the molecule is C[C@H](NC(=O)COC(=O)CNS(=O)(=O)c1ccc(F)cc1)C1CC1. The fraction of sp³-hybridized carbons (Fsp3) is 0.467. The van der Waals surface area contributed by atoms with Crippen LogP contribution in [0, 0.1) is 11.7 Å². The summed E-state index contributed by atoms with van der Waals surface area (Å²) < 4.78 is 43.3. The van der Waals surface area contributed by atoms with Gasteiger partial charge in [0, 0.05) is 6.04 Å². The number of hydrogen-bond donors (Lipinski definition) is 2. The van der Waals surface area contributed by atoms with Gasteiger partial charge in [0.2, 0.25) is 10.0 Å². The van der Waals surface area contributed by atoms with E-state index in [-0.39, 0.29) is 10.9 Å². The molecule has 0 bridgehead atoms. The van der Waals surface area contributed by atoms with E-state index in [4.69, 9.17) is 4.74 Å². The molecule has 0 heterocycles. The van der Waals surface area contributed by atoms with Crippen LogP contribution >= 0.6 is 0 Å². The maximum Gasteiger partial charge on any atom is 0.321 e. The van der Waals surface area contributed by atoms with Crippen LogP contribution < -0.4 is 10.0 Å². The highest BCUT2D eigenvalue weighted by Gasteiger charge is 2.29. The van der Waals surface area contributed by atoms with Crippen LogP contribution in [0.4, 0.5) is 4.39 Å². The van der Waals surface area contributed by atoms with Crippen LogP contribution in [0.2, 0.25) is 0 Å². The molecule has 1 aromatic rings. The Bertz CT molecular complexity index is 701. The first-order chi connectivity index (χ1) is 11.3. The van der Waals surface area contributed by atoms with E-state index in [2.05, 4.69) is 5.32 Å². The number of rotatable bonds is 8. The summed E-state index contributed by atoms with van der Waals surface area (Å²) in [5, 5.41) is 2.71. The minimum Gasteiger partial charge on any atom is -0.455 e. The van der Waals surface area contributed by atoms with Crippen LogP contribution in [0.15, 0.2) is 29.2 Å². The Morgan fingerprint density at radius 2 is 1.92 bits per heavy atom. The zero-order valence-electron chi connectivity index (χ0n) is 13.1. The first-order valence-electron chi connectivity index (χ1n) is 7.48. The monoisotopic (exact) mass is 358 g/mol. The third-order valence-electron chi connectivity index (χ3n) is 3.61. The molecule has 7 nitrogen and oxygen atoms in total. The number of sulfonamides is 1. The van der Waals surface area contributed by atoms with Crippen LogP contribution in [0.3, 0.4) is 0 Å². The summed E-state index contributed by atoms with van der Waals surface area (Å²) in [5.74, 6) is -1.40. The van der Waals surface area contributed by atoms with Crippen molar-refractivity contribution < 1.29 is 27.1 Å². The van der Waals surface area contributed by atoms with Gasteiger partial charge in [-0.25, -0.2) is 12.8 Å². The van der Waals surface area contributed by atoms with Gasteiger partial charge in [0.25, 0.3) is 5.91 Å². The van der Waals surface area contributed by atoms with Crippen molar-refractivity contribution in [3.8, 4) is 0 Å². The molecular formula is C15H19FN2O5S.